The smallest absolute Gasteiger partial charge is 0.255 e. The molecule has 1 aromatic rings. The maximum absolute atomic E-state index is 12.4. The predicted molar refractivity (Wildman–Crippen MR) is 78.0 cm³/mol. The summed E-state index contributed by atoms with van der Waals surface area (Å²) in [5.74, 6) is 1.28. The molecule has 0 radical (unpaired) electrons. The van der Waals surface area contributed by atoms with Gasteiger partial charge in [-0.1, -0.05) is 31.5 Å². The van der Waals surface area contributed by atoms with Gasteiger partial charge in [-0.25, -0.2) is 0 Å². The van der Waals surface area contributed by atoms with Crippen LogP contribution in [0.2, 0.25) is 5.02 Å². The SMILES string of the molecule is CC(C)C1CCN(C(=O)c2cccc(Br)c2Cl)C1. The van der Waals surface area contributed by atoms with Crippen LogP contribution in [0, 0.1) is 11.8 Å². The minimum Gasteiger partial charge on any atom is -0.338 e. The van der Waals surface area contributed by atoms with E-state index in [0.29, 0.717) is 22.4 Å². The van der Waals surface area contributed by atoms with E-state index in [1.165, 1.54) is 0 Å². The summed E-state index contributed by atoms with van der Waals surface area (Å²) in [6, 6.07) is 5.48. The molecular formula is C14H17BrClNO. The first-order chi connectivity index (χ1) is 8.50. The van der Waals surface area contributed by atoms with Gasteiger partial charge in [-0.2, -0.15) is 0 Å². The standard InChI is InChI=1S/C14H17BrClNO/c1-9(2)10-6-7-17(8-10)14(18)11-4-3-5-12(15)13(11)16/h3-5,9-10H,6-8H2,1-2H3. The molecule has 2 rings (SSSR count). The summed E-state index contributed by atoms with van der Waals surface area (Å²) >= 11 is 9.53. The highest BCUT2D eigenvalue weighted by Gasteiger charge is 2.29. The fraction of sp³-hybridized carbons (Fsp3) is 0.500. The molecule has 0 spiro atoms. The van der Waals surface area contributed by atoms with E-state index in [0.717, 1.165) is 24.0 Å². The Kier molecular flexibility index (Phi) is 4.33. The number of hydrogen-bond acceptors (Lipinski definition) is 1. The summed E-state index contributed by atoms with van der Waals surface area (Å²) in [7, 11) is 0. The average molecular weight is 331 g/mol. The molecule has 0 saturated carbocycles. The van der Waals surface area contributed by atoms with Gasteiger partial charge >= 0.3 is 0 Å². The van der Waals surface area contributed by atoms with Gasteiger partial charge in [0.2, 0.25) is 0 Å². The van der Waals surface area contributed by atoms with Gasteiger partial charge in [0, 0.05) is 17.6 Å². The van der Waals surface area contributed by atoms with Gasteiger partial charge in [-0.05, 0) is 46.3 Å². The molecule has 4 heteroatoms. The molecule has 0 aliphatic carbocycles. The lowest BCUT2D eigenvalue weighted by Gasteiger charge is -2.19. The number of rotatable bonds is 2. The molecule has 2 nitrogen and oxygen atoms in total. The Morgan fingerprint density at radius 3 is 2.83 bits per heavy atom. The maximum atomic E-state index is 12.4. The van der Waals surface area contributed by atoms with Gasteiger partial charge in [0.05, 0.1) is 10.6 Å². The highest BCUT2D eigenvalue weighted by molar-refractivity contribution is 9.10. The van der Waals surface area contributed by atoms with E-state index in [1.807, 2.05) is 17.0 Å². The van der Waals surface area contributed by atoms with E-state index in [9.17, 15) is 4.79 Å². The zero-order valence-corrected chi connectivity index (χ0v) is 13.0. The van der Waals surface area contributed by atoms with Crippen molar-refractivity contribution in [1.82, 2.24) is 4.90 Å². The lowest BCUT2D eigenvalue weighted by atomic mass is 9.95. The third kappa shape index (κ3) is 2.72. The van der Waals surface area contributed by atoms with Gasteiger partial charge in [-0.15, -0.1) is 0 Å². The Hall–Kier alpha value is -0.540. The fourth-order valence-corrected chi connectivity index (χ4v) is 2.93. The molecule has 0 aromatic heterocycles. The van der Waals surface area contributed by atoms with Crippen molar-refractivity contribution in [2.45, 2.75) is 20.3 Å². The van der Waals surface area contributed by atoms with E-state index in [-0.39, 0.29) is 5.91 Å². The van der Waals surface area contributed by atoms with Crippen molar-refractivity contribution in [2.75, 3.05) is 13.1 Å². The first-order valence-corrected chi connectivity index (χ1v) is 7.41. The van der Waals surface area contributed by atoms with Crippen molar-refractivity contribution in [2.24, 2.45) is 11.8 Å². The molecule has 0 N–H and O–H groups in total. The Morgan fingerprint density at radius 2 is 2.22 bits per heavy atom. The number of likely N-dealkylation sites (tertiary alicyclic amines) is 1. The Labute approximate surface area is 121 Å². The van der Waals surface area contributed by atoms with Gasteiger partial charge in [0.25, 0.3) is 5.91 Å². The summed E-state index contributed by atoms with van der Waals surface area (Å²) < 4.78 is 0.773. The van der Waals surface area contributed by atoms with Crippen LogP contribution in [0.15, 0.2) is 22.7 Å². The Bertz CT molecular complexity index is 461. The third-order valence-corrected chi connectivity index (χ3v) is 4.93. The molecule has 98 valence electrons. The Morgan fingerprint density at radius 1 is 1.50 bits per heavy atom. The molecule has 1 amide bonds. The number of nitrogens with zero attached hydrogens (tertiary/aromatic N) is 1. The van der Waals surface area contributed by atoms with Gasteiger partial charge < -0.3 is 4.90 Å². The number of hydrogen-bond donors (Lipinski definition) is 0. The molecule has 18 heavy (non-hydrogen) atoms. The highest BCUT2D eigenvalue weighted by Crippen LogP contribution is 2.30. The quantitative estimate of drug-likeness (QED) is 0.795. The van der Waals surface area contributed by atoms with Crippen LogP contribution in [0.3, 0.4) is 0 Å². The van der Waals surface area contributed by atoms with Crippen molar-refractivity contribution in [3.05, 3.63) is 33.3 Å². The van der Waals surface area contributed by atoms with Crippen LogP contribution in [0.25, 0.3) is 0 Å². The second kappa shape index (κ2) is 5.62. The monoisotopic (exact) mass is 329 g/mol. The minimum atomic E-state index is 0.0458. The lowest BCUT2D eigenvalue weighted by Crippen LogP contribution is -2.29. The van der Waals surface area contributed by atoms with Crippen LogP contribution in [-0.2, 0) is 0 Å². The molecule has 1 heterocycles. The van der Waals surface area contributed by atoms with Crippen molar-refractivity contribution < 1.29 is 4.79 Å². The molecule has 1 aliphatic heterocycles. The number of carbonyl (C=O) groups excluding carboxylic acids is 1. The minimum absolute atomic E-state index is 0.0458. The molecule has 1 saturated heterocycles. The number of halogens is 2. The molecule has 1 unspecified atom stereocenters. The van der Waals surface area contributed by atoms with E-state index in [4.69, 9.17) is 11.6 Å². The third-order valence-electron chi connectivity index (χ3n) is 3.64. The average Bonchev–Trinajstić information content (AvgIpc) is 2.81. The summed E-state index contributed by atoms with van der Waals surface area (Å²) in [4.78, 5) is 14.3. The first kappa shape index (κ1) is 13.9. The predicted octanol–water partition coefficient (Wildman–Crippen LogP) is 4.22. The van der Waals surface area contributed by atoms with Crippen LogP contribution in [-0.4, -0.2) is 23.9 Å². The fourth-order valence-electron chi connectivity index (χ4n) is 2.36. The number of benzene rings is 1. The van der Waals surface area contributed by atoms with Crippen molar-refractivity contribution >= 4 is 33.4 Å². The van der Waals surface area contributed by atoms with E-state index < -0.39 is 0 Å². The topological polar surface area (TPSA) is 20.3 Å². The van der Waals surface area contributed by atoms with E-state index in [2.05, 4.69) is 29.8 Å². The van der Waals surface area contributed by atoms with E-state index >= 15 is 0 Å². The van der Waals surface area contributed by atoms with Crippen molar-refractivity contribution in [3.63, 3.8) is 0 Å². The molecule has 1 aromatic carbocycles. The molecule has 1 aliphatic rings. The summed E-state index contributed by atoms with van der Waals surface area (Å²) in [5, 5.41) is 0.510. The molecule has 1 atom stereocenters. The summed E-state index contributed by atoms with van der Waals surface area (Å²) in [6.07, 6.45) is 1.09. The van der Waals surface area contributed by atoms with Gasteiger partial charge in [0.1, 0.15) is 0 Å². The second-order valence-corrected chi connectivity index (χ2v) is 6.38. The second-order valence-electron chi connectivity index (χ2n) is 5.15. The summed E-state index contributed by atoms with van der Waals surface area (Å²) in [6.45, 7) is 6.11. The van der Waals surface area contributed by atoms with Gasteiger partial charge in [-0.3, -0.25) is 4.79 Å². The van der Waals surface area contributed by atoms with Crippen LogP contribution in [0.5, 0.6) is 0 Å². The number of amides is 1. The van der Waals surface area contributed by atoms with Crippen LogP contribution in [0.4, 0.5) is 0 Å². The molecule has 0 bridgehead atoms. The van der Waals surface area contributed by atoms with Crippen molar-refractivity contribution in [3.8, 4) is 0 Å². The largest absolute Gasteiger partial charge is 0.338 e. The van der Waals surface area contributed by atoms with Gasteiger partial charge in [0.15, 0.2) is 0 Å². The zero-order chi connectivity index (χ0) is 13.3. The zero-order valence-electron chi connectivity index (χ0n) is 10.6. The summed E-state index contributed by atoms with van der Waals surface area (Å²) in [5.41, 5.74) is 0.593. The van der Waals surface area contributed by atoms with Crippen LogP contribution < -0.4 is 0 Å². The molecule has 1 fully saturated rings. The van der Waals surface area contributed by atoms with Crippen molar-refractivity contribution in [1.29, 1.82) is 0 Å². The van der Waals surface area contributed by atoms with E-state index in [1.54, 1.807) is 6.07 Å². The molecular weight excluding hydrogens is 314 g/mol. The lowest BCUT2D eigenvalue weighted by molar-refractivity contribution is 0.0784. The maximum Gasteiger partial charge on any atom is 0.255 e. The van der Waals surface area contributed by atoms with Crippen LogP contribution >= 0.6 is 27.5 Å². The highest BCUT2D eigenvalue weighted by atomic mass is 79.9. The Balaban J connectivity index is 2.16. The van der Waals surface area contributed by atoms with Crippen LogP contribution in [0.1, 0.15) is 30.6 Å². The normalized spacial score (nSPS) is 19.6. The number of carbonyl (C=O) groups is 1. The first-order valence-electron chi connectivity index (χ1n) is 6.24.